The van der Waals surface area contributed by atoms with E-state index in [0.717, 1.165) is 12.4 Å². The topological polar surface area (TPSA) is 34.1 Å². The Bertz CT molecular complexity index is 570. The molecule has 3 nitrogen and oxygen atoms in total. The van der Waals surface area contributed by atoms with Crippen LogP contribution < -0.4 is 10.1 Å². The van der Waals surface area contributed by atoms with Crippen LogP contribution in [0, 0.1) is 5.92 Å². The second-order valence-corrected chi connectivity index (χ2v) is 5.47. The van der Waals surface area contributed by atoms with Crippen molar-refractivity contribution in [3.63, 3.8) is 0 Å². The first kappa shape index (κ1) is 13.1. The maximum absolute atomic E-state index is 5.80. The second-order valence-electron chi connectivity index (χ2n) is 5.47. The maximum Gasteiger partial charge on any atom is 0.124 e. The molecule has 2 heterocycles. The molecule has 104 valence electrons. The molecule has 0 bridgehead atoms. The lowest BCUT2D eigenvalue weighted by atomic mass is 9.91. The number of nitrogens with one attached hydrogen (secondary N) is 1. The van der Waals surface area contributed by atoms with Crippen molar-refractivity contribution in [1.29, 1.82) is 0 Å². The van der Waals surface area contributed by atoms with Gasteiger partial charge in [0.2, 0.25) is 0 Å². The highest BCUT2D eigenvalue weighted by molar-refractivity contribution is 5.38. The van der Waals surface area contributed by atoms with Gasteiger partial charge in [-0.25, -0.2) is 0 Å². The summed E-state index contributed by atoms with van der Waals surface area (Å²) in [6.07, 6.45) is 3.68. The van der Waals surface area contributed by atoms with Gasteiger partial charge in [-0.1, -0.05) is 25.1 Å². The van der Waals surface area contributed by atoms with Crippen molar-refractivity contribution >= 4 is 0 Å². The molecule has 2 aromatic rings. The number of hydrogen-bond donors (Lipinski definition) is 1. The van der Waals surface area contributed by atoms with Crippen molar-refractivity contribution in [2.75, 3.05) is 6.61 Å². The van der Waals surface area contributed by atoms with Crippen molar-refractivity contribution in [2.24, 2.45) is 5.92 Å². The van der Waals surface area contributed by atoms with Crippen molar-refractivity contribution in [3.8, 4) is 5.75 Å². The lowest BCUT2D eigenvalue weighted by Crippen LogP contribution is -2.35. The first-order valence-electron chi connectivity index (χ1n) is 7.13. The molecule has 0 saturated carbocycles. The summed E-state index contributed by atoms with van der Waals surface area (Å²) in [4.78, 5) is 4.08. The predicted molar refractivity (Wildman–Crippen MR) is 79.6 cm³/mol. The lowest BCUT2D eigenvalue weighted by molar-refractivity contribution is 0.182. The molecule has 0 radical (unpaired) electrons. The smallest absolute Gasteiger partial charge is 0.124 e. The van der Waals surface area contributed by atoms with Crippen molar-refractivity contribution in [2.45, 2.75) is 25.9 Å². The van der Waals surface area contributed by atoms with Crippen molar-refractivity contribution < 1.29 is 4.74 Å². The Morgan fingerprint density at radius 3 is 2.75 bits per heavy atom. The minimum Gasteiger partial charge on any atom is -0.493 e. The molecule has 3 rings (SSSR count). The second kappa shape index (κ2) is 5.63. The first-order valence-corrected chi connectivity index (χ1v) is 7.13. The quantitative estimate of drug-likeness (QED) is 0.925. The van der Waals surface area contributed by atoms with E-state index >= 15 is 0 Å². The lowest BCUT2D eigenvalue weighted by Gasteiger charge is -2.34. The molecule has 20 heavy (non-hydrogen) atoms. The number of pyridine rings is 1. The molecule has 0 spiro atoms. The molecule has 3 heteroatoms. The number of ether oxygens (including phenoxy) is 1. The number of para-hydroxylation sites is 1. The summed E-state index contributed by atoms with van der Waals surface area (Å²) in [5.41, 5.74) is 2.52. The molecular formula is C17H20N2O. The fourth-order valence-electron chi connectivity index (χ4n) is 2.76. The van der Waals surface area contributed by atoms with Crippen LogP contribution in [-0.4, -0.2) is 11.6 Å². The van der Waals surface area contributed by atoms with Gasteiger partial charge in [0.05, 0.1) is 6.61 Å². The van der Waals surface area contributed by atoms with Gasteiger partial charge in [-0.2, -0.15) is 0 Å². The molecule has 1 aromatic carbocycles. The summed E-state index contributed by atoms with van der Waals surface area (Å²) in [5.74, 6) is 1.46. The van der Waals surface area contributed by atoms with Crippen LogP contribution in [0.25, 0.3) is 0 Å². The van der Waals surface area contributed by atoms with Crippen LogP contribution in [0.15, 0.2) is 48.8 Å². The maximum atomic E-state index is 5.80. The molecule has 3 unspecified atom stereocenters. The van der Waals surface area contributed by atoms with Gasteiger partial charge < -0.3 is 10.1 Å². The van der Waals surface area contributed by atoms with Gasteiger partial charge in [0.25, 0.3) is 0 Å². The Kier molecular flexibility index (Phi) is 3.70. The van der Waals surface area contributed by atoms with Gasteiger partial charge in [-0.3, -0.25) is 4.98 Å². The highest BCUT2D eigenvalue weighted by Gasteiger charge is 2.28. The van der Waals surface area contributed by atoms with E-state index in [4.69, 9.17) is 4.74 Å². The molecule has 1 aliphatic heterocycles. The Labute approximate surface area is 120 Å². The van der Waals surface area contributed by atoms with Crippen LogP contribution in [0.5, 0.6) is 5.75 Å². The number of aromatic nitrogens is 1. The Hall–Kier alpha value is -1.87. The fraction of sp³-hybridized carbons (Fsp3) is 0.353. The Morgan fingerprint density at radius 2 is 1.95 bits per heavy atom. The van der Waals surface area contributed by atoms with E-state index in [2.05, 4.69) is 48.4 Å². The molecule has 0 aliphatic carbocycles. The average Bonchev–Trinajstić information content (AvgIpc) is 2.51. The normalized spacial score (nSPS) is 22.7. The van der Waals surface area contributed by atoms with E-state index < -0.39 is 0 Å². The Balaban J connectivity index is 1.83. The van der Waals surface area contributed by atoms with Crippen LogP contribution in [0.2, 0.25) is 0 Å². The number of benzene rings is 1. The highest BCUT2D eigenvalue weighted by Crippen LogP contribution is 2.36. The summed E-state index contributed by atoms with van der Waals surface area (Å²) in [6, 6.07) is 13.0. The van der Waals surface area contributed by atoms with Gasteiger partial charge in [0.15, 0.2) is 0 Å². The van der Waals surface area contributed by atoms with E-state index in [1.807, 2.05) is 24.5 Å². The van der Waals surface area contributed by atoms with Gasteiger partial charge in [-0.05, 0) is 30.7 Å². The number of nitrogens with zero attached hydrogens (tertiary/aromatic N) is 1. The molecular weight excluding hydrogens is 248 g/mol. The van der Waals surface area contributed by atoms with Crippen LogP contribution in [0.4, 0.5) is 0 Å². The van der Waals surface area contributed by atoms with Gasteiger partial charge in [0.1, 0.15) is 5.75 Å². The van der Waals surface area contributed by atoms with Gasteiger partial charge >= 0.3 is 0 Å². The summed E-state index contributed by atoms with van der Waals surface area (Å²) in [7, 11) is 0. The summed E-state index contributed by atoms with van der Waals surface area (Å²) in [6.45, 7) is 5.19. The minimum absolute atomic E-state index is 0.289. The fourth-order valence-corrected chi connectivity index (χ4v) is 2.76. The number of rotatable bonds is 3. The third-order valence-corrected chi connectivity index (χ3v) is 3.96. The van der Waals surface area contributed by atoms with E-state index in [9.17, 15) is 0 Å². The van der Waals surface area contributed by atoms with Crippen LogP contribution in [0.1, 0.15) is 37.1 Å². The summed E-state index contributed by atoms with van der Waals surface area (Å²) < 4.78 is 5.80. The van der Waals surface area contributed by atoms with E-state index in [-0.39, 0.29) is 6.04 Å². The SMILES string of the molecule is CC(NC1c2ccccc2OCC1C)c1ccncc1. The third-order valence-electron chi connectivity index (χ3n) is 3.96. The molecule has 1 aliphatic rings. The zero-order valence-electron chi connectivity index (χ0n) is 11.9. The van der Waals surface area contributed by atoms with Crippen molar-refractivity contribution in [1.82, 2.24) is 10.3 Å². The minimum atomic E-state index is 0.289. The molecule has 0 amide bonds. The molecule has 3 atom stereocenters. The highest BCUT2D eigenvalue weighted by atomic mass is 16.5. The Morgan fingerprint density at radius 1 is 1.20 bits per heavy atom. The van der Waals surface area contributed by atoms with E-state index in [1.54, 1.807) is 0 Å². The first-order chi connectivity index (χ1) is 9.75. The molecule has 0 fully saturated rings. The largest absolute Gasteiger partial charge is 0.493 e. The zero-order valence-corrected chi connectivity index (χ0v) is 11.9. The molecule has 1 aromatic heterocycles. The van der Waals surface area contributed by atoms with E-state index in [0.29, 0.717) is 12.0 Å². The van der Waals surface area contributed by atoms with Crippen molar-refractivity contribution in [3.05, 3.63) is 59.9 Å². The predicted octanol–water partition coefficient (Wildman–Crippen LogP) is 3.50. The molecule has 1 N–H and O–H groups in total. The van der Waals surface area contributed by atoms with Gasteiger partial charge in [-0.15, -0.1) is 0 Å². The third kappa shape index (κ3) is 2.54. The summed E-state index contributed by atoms with van der Waals surface area (Å²) >= 11 is 0. The zero-order chi connectivity index (χ0) is 13.9. The van der Waals surface area contributed by atoms with Gasteiger partial charge in [0, 0.05) is 36.0 Å². The summed E-state index contributed by atoms with van der Waals surface area (Å²) in [5, 5.41) is 3.73. The number of hydrogen-bond acceptors (Lipinski definition) is 3. The standard InChI is InChI=1S/C17H20N2O/c1-12-11-20-16-6-4-3-5-15(16)17(12)19-13(2)14-7-9-18-10-8-14/h3-10,12-13,17,19H,11H2,1-2H3. The van der Waals surface area contributed by atoms with Crippen LogP contribution >= 0.6 is 0 Å². The van der Waals surface area contributed by atoms with E-state index in [1.165, 1.54) is 11.1 Å². The monoisotopic (exact) mass is 268 g/mol. The number of fused-ring (bicyclic) bond motifs is 1. The average molecular weight is 268 g/mol. The molecule has 0 saturated heterocycles. The van der Waals surface area contributed by atoms with Crippen LogP contribution in [-0.2, 0) is 0 Å². The van der Waals surface area contributed by atoms with Crippen LogP contribution in [0.3, 0.4) is 0 Å².